The molecule has 1 heterocycles. The van der Waals surface area contributed by atoms with Crippen molar-refractivity contribution in [2.24, 2.45) is 0 Å². The van der Waals surface area contributed by atoms with E-state index in [0.717, 1.165) is 16.1 Å². The van der Waals surface area contributed by atoms with E-state index in [4.69, 9.17) is 11.6 Å². The van der Waals surface area contributed by atoms with Crippen molar-refractivity contribution in [1.29, 1.82) is 0 Å². The second-order valence-electron chi connectivity index (χ2n) is 4.31. The molecule has 0 amide bonds. The van der Waals surface area contributed by atoms with Crippen LogP contribution in [0.1, 0.15) is 5.56 Å². The summed E-state index contributed by atoms with van der Waals surface area (Å²) in [7, 11) is 0. The first-order valence-corrected chi connectivity index (χ1v) is 6.49. The predicted octanol–water partition coefficient (Wildman–Crippen LogP) is 4.35. The van der Waals surface area contributed by atoms with Crippen molar-refractivity contribution in [2.45, 2.75) is 6.54 Å². The molecule has 0 saturated heterocycles. The lowest BCUT2D eigenvalue weighted by Gasteiger charge is -2.00. The van der Waals surface area contributed by atoms with Gasteiger partial charge in [0.25, 0.3) is 0 Å². The maximum Gasteiger partial charge on any atom is 0.0841 e. The fraction of sp³-hybridized carbons (Fsp3) is 0.0588. The average Bonchev–Trinajstić information content (AvgIpc) is 2.83. The van der Waals surface area contributed by atoms with Crippen LogP contribution in [-0.2, 0) is 6.54 Å². The van der Waals surface area contributed by atoms with Crippen LogP contribution in [0.25, 0.3) is 10.9 Å². The first kappa shape index (κ1) is 11.9. The maximum absolute atomic E-state index is 6.03. The Morgan fingerprint density at radius 1 is 1.00 bits per heavy atom. The van der Waals surface area contributed by atoms with Gasteiger partial charge in [-0.25, -0.2) is 0 Å². The van der Waals surface area contributed by atoms with Crippen LogP contribution in [0.4, 0.5) is 0 Å². The van der Waals surface area contributed by atoms with Crippen LogP contribution in [-0.4, -0.2) is 4.57 Å². The van der Waals surface area contributed by atoms with E-state index in [1.807, 2.05) is 54.7 Å². The second kappa shape index (κ2) is 5.22. The highest BCUT2D eigenvalue weighted by Gasteiger charge is 1.99. The largest absolute Gasteiger partial charge is 0.336 e. The molecule has 1 nitrogen and oxygen atoms in total. The van der Waals surface area contributed by atoms with Crippen LogP contribution in [0.15, 0.2) is 60.8 Å². The highest BCUT2D eigenvalue weighted by molar-refractivity contribution is 6.31. The number of hydrogen-bond acceptors (Lipinski definition) is 0. The Kier molecular flexibility index (Phi) is 3.27. The van der Waals surface area contributed by atoms with E-state index >= 15 is 0 Å². The molecule has 0 aliphatic heterocycles. The zero-order valence-electron chi connectivity index (χ0n) is 10.3. The van der Waals surface area contributed by atoms with Crippen LogP contribution in [0.2, 0.25) is 5.02 Å². The number of nitrogens with zero attached hydrogens (tertiary/aromatic N) is 1. The first-order valence-electron chi connectivity index (χ1n) is 6.11. The number of aromatic nitrogens is 1. The molecule has 19 heavy (non-hydrogen) atoms. The maximum atomic E-state index is 6.03. The Labute approximate surface area is 117 Å². The molecule has 2 heteroatoms. The highest BCUT2D eigenvalue weighted by atomic mass is 35.5. The van der Waals surface area contributed by atoms with E-state index in [1.54, 1.807) is 0 Å². The van der Waals surface area contributed by atoms with Crippen molar-refractivity contribution < 1.29 is 0 Å². The van der Waals surface area contributed by atoms with Gasteiger partial charge in [-0.05, 0) is 35.7 Å². The normalized spacial score (nSPS) is 10.2. The molecule has 0 aliphatic rings. The summed E-state index contributed by atoms with van der Waals surface area (Å²) in [4.78, 5) is 0. The summed E-state index contributed by atoms with van der Waals surface area (Å²) < 4.78 is 2.11. The van der Waals surface area contributed by atoms with E-state index in [1.165, 1.54) is 5.39 Å². The number of halogens is 1. The van der Waals surface area contributed by atoms with E-state index in [9.17, 15) is 0 Å². The lowest BCUT2D eigenvalue weighted by atomic mass is 10.2. The molecule has 3 aromatic rings. The van der Waals surface area contributed by atoms with E-state index in [-0.39, 0.29) is 0 Å². The fourth-order valence-electron chi connectivity index (χ4n) is 2.04. The highest BCUT2D eigenvalue weighted by Crippen LogP contribution is 2.20. The van der Waals surface area contributed by atoms with Gasteiger partial charge in [0.2, 0.25) is 0 Å². The molecule has 0 N–H and O–H groups in total. The van der Waals surface area contributed by atoms with Gasteiger partial charge in [0.1, 0.15) is 0 Å². The third-order valence-electron chi connectivity index (χ3n) is 2.99. The zero-order chi connectivity index (χ0) is 13.1. The van der Waals surface area contributed by atoms with Crippen molar-refractivity contribution in [3.8, 4) is 11.8 Å². The molecule has 0 fully saturated rings. The molecular formula is C17H12ClN. The second-order valence-corrected chi connectivity index (χ2v) is 4.75. The van der Waals surface area contributed by atoms with Gasteiger partial charge >= 0.3 is 0 Å². The fourth-order valence-corrected chi connectivity index (χ4v) is 2.21. The molecule has 2 aromatic carbocycles. The summed E-state index contributed by atoms with van der Waals surface area (Å²) in [5.74, 6) is 6.34. The Morgan fingerprint density at radius 3 is 2.68 bits per heavy atom. The van der Waals surface area contributed by atoms with Gasteiger partial charge in [0.05, 0.1) is 12.1 Å². The summed E-state index contributed by atoms with van der Waals surface area (Å²) in [6.45, 7) is 0.665. The number of hydrogen-bond donors (Lipinski definition) is 0. The summed E-state index contributed by atoms with van der Waals surface area (Å²) in [5.41, 5.74) is 2.16. The van der Waals surface area contributed by atoms with Crippen molar-refractivity contribution in [1.82, 2.24) is 4.57 Å². The van der Waals surface area contributed by atoms with Crippen molar-refractivity contribution in [3.05, 3.63) is 71.4 Å². The van der Waals surface area contributed by atoms with Gasteiger partial charge < -0.3 is 4.57 Å². The molecule has 0 spiro atoms. The van der Waals surface area contributed by atoms with Crippen molar-refractivity contribution in [3.63, 3.8) is 0 Å². The molecular weight excluding hydrogens is 254 g/mol. The van der Waals surface area contributed by atoms with Crippen molar-refractivity contribution in [2.75, 3.05) is 0 Å². The molecule has 1 aromatic heterocycles. The topological polar surface area (TPSA) is 4.93 Å². The van der Waals surface area contributed by atoms with Gasteiger partial charge in [-0.2, -0.15) is 0 Å². The third kappa shape index (κ3) is 2.65. The summed E-state index contributed by atoms with van der Waals surface area (Å²) in [5, 5.41) is 1.94. The molecule has 0 atom stereocenters. The molecule has 3 rings (SSSR count). The molecule has 0 saturated carbocycles. The van der Waals surface area contributed by atoms with Crippen LogP contribution >= 0.6 is 11.6 Å². The zero-order valence-corrected chi connectivity index (χ0v) is 11.1. The predicted molar refractivity (Wildman–Crippen MR) is 80.3 cm³/mol. The molecule has 0 bridgehead atoms. The van der Waals surface area contributed by atoms with Crippen molar-refractivity contribution >= 4 is 22.5 Å². The van der Waals surface area contributed by atoms with Gasteiger partial charge in [0, 0.05) is 16.8 Å². The Balaban J connectivity index is 1.87. The smallest absolute Gasteiger partial charge is 0.0841 e. The minimum Gasteiger partial charge on any atom is -0.336 e. The first-order chi connectivity index (χ1) is 9.33. The summed E-state index contributed by atoms with van der Waals surface area (Å²) in [6, 6.07) is 18.0. The Bertz CT molecular complexity index is 760. The monoisotopic (exact) mass is 265 g/mol. The average molecular weight is 266 g/mol. The van der Waals surface area contributed by atoms with Crippen LogP contribution in [0.3, 0.4) is 0 Å². The number of rotatable bonds is 1. The van der Waals surface area contributed by atoms with Gasteiger partial charge in [-0.3, -0.25) is 0 Å². The van der Waals surface area contributed by atoms with E-state index in [2.05, 4.69) is 22.5 Å². The molecule has 0 unspecified atom stereocenters. The van der Waals surface area contributed by atoms with E-state index in [0.29, 0.717) is 6.54 Å². The minimum absolute atomic E-state index is 0.665. The van der Waals surface area contributed by atoms with Crippen LogP contribution in [0.5, 0.6) is 0 Å². The quantitative estimate of drug-likeness (QED) is 0.577. The molecule has 0 aliphatic carbocycles. The lowest BCUT2D eigenvalue weighted by molar-refractivity contribution is 0.886. The summed E-state index contributed by atoms with van der Waals surface area (Å²) in [6.07, 6.45) is 2.04. The molecule has 92 valence electrons. The Morgan fingerprint density at radius 2 is 1.84 bits per heavy atom. The minimum atomic E-state index is 0.665. The third-order valence-corrected chi connectivity index (χ3v) is 3.23. The van der Waals surface area contributed by atoms with Crippen LogP contribution in [0, 0.1) is 11.8 Å². The SMILES string of the molecule is Clc1ccc2ccn(CC#Cc3ccccc3)c2c1. The standard InChI is InChI=1S/C17H12ClN/c18-16-9-8-15-10-12-19(17(15)13-16)11-4-7-14-5-2-1-3-6-14/h1-3,5-6,8-10,12-13H,11H2. The Hall–Kier alpha value is -2.17. The number of benzene rings is 2. The lowest BCUT2D eigenvalue weighted by Crippen LogP contribution is -1.92. The van der Waals surface area contributed by atoms with E-state index < -0.39 is 0 Å². The van der Waals surface area contributed by atoms with Crippen LogP contribution < -0.4 is 0 Å². The van der Waals surface area contributed by atoms with Gasteiger partial charge in [-0.1, -0.05) is 47.7 Å². The summed E-state index contributed by atoms with van der Waals surface area (Å²) >= 11 is 6.03. The number of fused-ring (bicyclic) bond motifs is 1. The van der Waals surface area contributed by atoms with Gasteiger partial charge in [-0.15, -0.1) is 0 Å². The van der Waals surface area contributed by atoms with Gasteiger partial charge in [0.15, 0.2) is 0 Å². The molecule has 0 radical (unpaired) electrons.